The van der Waals surface area contributed by atoms with Gasteiger partial charge < -0.3 is 10.4 Å². The van der Waals surface area contributed by atoms with Crippen LogP contribution >= 0.6 is 0 Å². The molecule has 0 radical (unpaired) electrons. The number of hydrogen-bond donors (Lipinski definition) is 2. The average molecular weight is 232 g/mol. The van der Waals surface area contributed by atoms with Gasteiger partial charge in [0.15, 0.2) is 0 Å². The van der Waals surface area contributed by atoms with Crippen molar-refractivity contribution in [1.82, 2.24) is 4.98 Å². The van der Waals surface area contributed by atoms with Gasteiger partial charge in [0, 0.05) is 0 Å². The lowest BCUT2D eigenvalue weighted by Crippen LogP contribution is -2.07. The Labute approximate surface area is 98.9 Å². The Bertz CT molecular complexity index is 499. The number of pyridine rings is 1. The molecule has 2 aromatic rings. The summed E-state index contributed by atoms with van der Waals surface area (Å²) in [7, 11) is 0. The average Bonchev–Trinajstić information content (AvgIpc) is 2.32. The van der Waals surface area contributed by atoms with Crippen LogP contribution in [0.4, 0.5) is 10.2 Å². The van der Waals surface area contributed by atoms with Crippen molar-refractivity contribution in [3.63, 3.8) is 0 Å². The fourth-order valence-corrected chi connectivity index (χ4v) is 1.56. The Morgan fingerprint density at radius 3 is 2.76 bits per heavy atom. The molecule has 1 aromatic carbocycles. The molecule has 0 aliphatic carbocycles. The predicted molar refractivity (Wildman–Crippen MR) is 64.3 cm³/mol. The highest BCUT2D eigenvalue weighted by Crippen LogP contribution is 2.21. The first-order valence-electron chi connectivity index (χ1n) is 5.32. The lowest BCUT2D eigenvalue weighted by Gasteiger charge is -2.14. The topological polar surface area (TPSA) is 45.2 Å². The predicted octanol–water partition coefficient (Wildman–Crippen LogP) is 3.10. The van der Waals surface area contributed by atoms with Gasteiger partial charge in [-0.1, -0.05) is 12.1 Å². The van der Waals surface area contributed by atoms with E-state index in [0.29, 0.717) is 5.82 Å². The van der Waals surface area contributed by atoms with Gasteiger partial charge in [-0.25, -0.2) is 9.37 Å². The van der Waals surface area contributed by atoms with E-state index in [9.17, 15) is 9.50 Å². The van der Waals surface area contributed by atoms with E-state index >= 15 is 0 Å². The third kappa shape index (κ3) is 2.93. The molecular formula is C13H13FN2O. The minimum absolute atomic E-state index is 0.0138. The second-order valence-corrected chi connectivity index (χ2v) is 3.82. The van der Waals surface area contributed by atoms with Crippen LogP contribution in [-0.2, 0) is 0 Å². The van der Waals surface area contributed by atoms with Crippen molar-refractivity contribution in [2.24, 2.45) is 0 Å². The zero-order chi connectivity index (χ0) is 12.3. The molecule has 1 atom stereocenters. The van der Waals surface area contributed by atoms with E-state index in [-0.39, 0.29) is 17.6 Å². The van der Waals surface area contributed by atoms with Crippen LogP contribution in [0.25, 0.3) is 0 Å². The van der Waals surface area contributed by atoms with E-state index in [2.05, 4.69) is 10.3 Å². The molecule has 1 aromatic heterocycles. The molecule has 0 spiro atoms. The Hall–Kier alpha value is -2.10. The van der Waals surface area contributed by atoms with Crippen LogP contribution in [0.5, 0.6) is 5.75 Å². The number of anilines is 1. The number of aromatic nitrogens is 1. The minimum Gasteiger partial charge on any atom is -0.508 e. The van der Waals surface area contributed by atoms with E-state index in [4.69, 9.17) is 0 Å². The van der Waals surface area contributed by atoms with Crippen molar-refractivity contribution in [2.75, 3.05) is 5.32 Å². The van der Waals surface area contributed by atoms with Crippen LogP contribution in [0, 0.1) is 5.82 Å². The maximum Gasteiger partial charge on any atom is 0.141 e. The number of nitrogens with zero attached hydrogens (tertiary/aromatic N) is 1. The number of aromatic hydroxyl groups is 1. The van der Waals surface area contributed by atoms with Crippen molar-refractivity contribution < 1.29 is 9.50 Å². The van der Waals surface area contributed by atoms with Gasteiger partial charge in [0.25, 0.3) is 0 Å². The van der Waals surface area contributed by atoms with Crippen LogP contribution in [0.15, 0.2) is 42.6 Å². The van der Waals surface area contributed by atoms with Crippen LogP contribution < -0.4 is 5.32 Å². The highest BCUT2D eigenvalue weighted by molar-refractivity contribution is 5.39. The summed E-state index contributed by atoms with van der Waals surface area (Å²) in [5, 5.41) is 12.5. The molecule has 0 saturated carbocycles. The Kier molecular flexibility index (Phi) is 3.23. The number of phenols is 1. The van der Waals surface area contributed by atoms with Crippen molar-refractivity contribution in [3.05, 3.63) is 54.0 Å². The fourth-order valence-electron chi connectivity index (χ4n) is 1.56. The minimum atomic E-state index is -0.361. The van der Waals surface area contributed by atoms with Gasteiger partial charge in [-0.15, -0.1) is 0 Å². The summed E-state index contributed by atoms with van der Waals surface area (Å²) in [6, 6.07) is 9.90. The quantitative estimate of drug-likeness (QED) is 0.854. The van der Waals surface area contributed by atoms with Gasteiger partial charge in [-0.3, -0.25) is 0 Å². The van der Waals surface area contributed by atoms with Crippen LogP contribution in [0.1, 0.15) is 18.5 Å². The molecule has 1 heterocycles. The summed E-state index contributed by atoms with van der Waals surface area (Å²) in [5.41, 5.74) is 0.941. The van der Waals surface area contributed by atoms with Gasteiger partial charge >= 0.3 is 0 Å². The monoisotopic (exact) mass is 232 g/mol. The number of halogens is 1. The molecule has 0 aliphatic rings. The summed E-state index contributed by atoms with van der Waals surface area (Å²) in [4.78, 5) is 3.92. The highest BCUT2D eigenvalue weighted by Gasteiger charge is 2.06. The second kappa shape index (κ2) is 4.82. The molecule has 0 fully saturated rings. The molecule has 1 unspecified atom stereocenters. The van der Waals surface area contributed by atoms with Gasteiger partial charge in [0.2, 0.25) is 0 Å². The van der Waals surface area contributed by atoms with E-state index < -0.39 is 0 Å². The zero-order valence-electron chi connectivity index (χ0n) is 9.39. The van der Waals surface area contributed by atoms with Crippen LogP contribution in [0.2, 0.25) is 0 Å². The Morgan fingerprint density at radius 2 is 2.12 bits per heavy atom. The van der Waals surface area contributed by atoms with Gasteiger partial charge in [-0.05, 0) is 36.8 Å². The molecular weight excluding hydrogens is 219 g/mol. The number of rotatable bonds is 3. The van der Waals surface area contributed by atoms with Crippen molar-refractivity contribution >= 4 is 5.82 Å². The van der Waals surface area contributed by atoms with E-state index in [1.807, 2.05) is 13.0 Å². The molecule has 0 bridgehead atoms. The molecule has 4 heteroatoms. The normalized spacial score (nSPS) is 12.1. The molecule has 0 aliphatic heterocycles. The van der Waals surface area contributed by atoms with E-state index in [0.717, 1.165) is 11.8 Å². The number of phenolic OH excluding ortho intramolecular Hbond substituents is 1. The highest BCUT2D eigenvalue weighted by atomic mass is 19.1. The van der Waals surface area contributed by atoms with Gasteiger partial charge in [0.05, 0.1) is 12.2 Å². The molecule has 17 heavy (non-hydrogen) atoms. The zero-order valence-corrected chi connectivity index (χ0v) is 9.39. The summed E-state index contributed by atoms with van der Waals surface area (Å²) in [5.74, 6) is 0.464. The molecule has 2 N–H and O–H groups in total. The standard InChI is InChI=1S/C13H13FN2O/c1-9(10-3-2-4-12(17)7-10)16-13-6-5-11(14)8-15-13/h2-9,17H,1H3,(H,15,16). The Morgan fingerprint density at radius 1 is 1.29 bits per heavy atom. The molecule has 0 saturated heterocycles. The van der Waals surface area contributed by atoms with Crippen molar-refractivity contribution in [3.8, 4) is 5.75 Å². The number of hydrogen-bond acceptors (Lipinski definition) is 3. The third-order valence-corrected chi connectivity index (χ3v) is 2.46. The first kappa shape index (κ1) is 11.4. The number of nitrogens with one attached hydrogen (secondary N) is 1. The van der Waals surface area contributed by atoms with Crippen molar-refractivity contribution in [1.29, 1.82) is 0 Å². The smallest absolute Gasteiger partial charge is 0.141 e. The van der Waals surface area contributed by atoms with Crippen LogP contribution in [-0.4, -0.2) is 10.1 Å². The summed E-state index contributed by atoms with van der Waals surface area (Å²) in [6.45, 7) is 1.94. The van der Waals surface area contributed by atoms with E-state index in [1.54, 1.807) is 24.3 Å². The lowest BCUT2D eigenvalue weighted by molar-refractivity contribution is 0.474. The van der Waals surface area contributed by atoms with Gasteiger partial charge in [-0.2, -0.15) is 0 Å². The summed E-state index contributed by atoms with van der Waals surface area (Å²) < 4.78 is 12.7. The first-order chi connectivity index (χ1) is 8.15. The largest absolute Gasteiger partial charge is 0.508 e. The van der Waals surface area contributed by atoms with Crippen LogP contribution in [0.3, 0.4) is 0 Å². The maximum atomic E-state index is 12.7. The summed E-state index contributed by atoms with van der Waals surface area (Å²) in [6.07, 6.45) is 1.16. The first-order valence-corrected chi connectivity index (χ1v) is 5.32. The Balaban J connectivity index is 2.11. The van der Waals surface area contributed by atoms with Gasteiger partial charge in [0.1, 0.15) is 17.4 Å². The molecule has 3 nitrogen and oxygen atoms in total. The van der Waals surface area contributed by atoms with Crippen molar-refractivity contribution in [2.45, 2.75) is 13.0 Å². The molecule has 88 valence electrons. The van der Waals surface area contributed by atoms with E-state index in [1.165, 1.54) is 6.07 Å². The molecule has 0 amide bonds. The third-order valence-electron chi connectivity index (χ3n) is 2.46. The SMILES string of the molecule is CC(Nc1ccc(F)cn1)c1cccc(O)c1. The second-order valence-electron chi connectivity index (χ2n) is 3.82. The maximum absolute atomic E-state index is 12.7. The number of benzene rings is 1. The fraction of sp³-hybridized carbons (Fsp3) is 0.154. The molecule has 2 rings (SSSR count). The summed E-state index contributed by atoms with van der Waals surface area (Å²) >= 11 is 0. The lowest BCUT2D eigenvalue weighted by atomic mass is 10.1.